The van der Waals surface area contributed by atoms with Crippen LogP contribution in [0.2, 0.25) is 0 Å². The van der Waals surface area contributed by atoms with Gasteiger partial charge in [-0.05, 0) is 32.0 Å². The van der Waals surface area contributed by atoms with Gasteiger partial charge in [-0.3, -0.25) is 4.79 Å². The molecule has 0 bridgehead atoms. The van der Waals surface area contributed by atoms with Gasteiger partial charge in [0.2, 0.25) is 0 Å². The highest BCUT2D eigenvalue weighted by Gasteiger charge is 2.32. The van der Waals surface area contributed by atoms with E-state index in [1.165, 1.54) is 23.1 Å². The Kier molecular flexibility index (Phi) is 6.83. The van der Waals surface area contributed by atoms with Crippen LogP contribution in [-0.2, 0) is 9.53 Å². The molecule has 9 heteroatoms. The van der Waals surface area contributed by atoms with Gasteiger partial charge < -0.3 is 29.9 Å². The van der Waals surface area contributed by atoms with Crippen molar-refractivity contribution < 1.29 is 33.6 Å². The Morgan fingerprint density at radius 2 is 2.03 bits per heavy atom. The molecule has 5 N–H and O–H groups in total. The van der Waals surface area contributed by atoms with Crippen molar-refractivity contribution in [2.24, 2.45) is 0 Å². The molecular weight excluding hydrogens is 379 g/mol. The number of H-pyrrole nitrogens is 1. The van der Waals surface area contributed by atoms with Gasteiger partial charge in [0.15, 0.2) is 6.04 Å². The predicted octanol–water partition coefficient (Wildman–Crippen LogP) is -1.41. The third-order valence-electron chi connectivity index (χ3n) is 5.56. The van der Waals surface area contributed by atoms with Crippen molar-refractivity contribution in [3.05, 3.63) is 29.7 Å². The lowest BCUT2D eigenvalue weighted by atomic mass is 10.1. The van der Waals surface area contributed by atoms with E-state index >= 15 is 0 Å². The van der Waals surface area contributed by atoms with Gasteiger partial charge in [-0.1, -0.05) is 0 Å². The molecular formula is C20H29FN4O4+2. The van der Waals surface area contributed by atoms with Gasteiger partial charge in [-0.25, -0.2) is 9.18 Å². The molecule has 1 aromatic heterocycles. The van der Waals surface area contributed by atoms with E-state index in [1.54, 1.807) is 6.92 Å². The Hall–Kier alpha value is -2.49. The quantitative estimate of drug-likeness (QED) is 0.364. The molecule has 8 nitrogen and oxygen atoms in total. The first-order valence-electron chi connectivity index (χ1n) is 10.0. The number of quaternary nitrogens is 2. The Morgan fingerprint density at radius 1 is 1.31 bits per heavy atom. The van der Waals surface area contributed by atoms with Crippen molar-refractivity contribution in [2.75, 3.05) is 51.3 Å². The van der Waals surface area contributed by atoms with Gasteiger partial charge in [0, 0.05) is 10.9 Å². The monoisotopic (exact) mass is 408 g/mol. The molecule has 1 aliphatic heterocycles. The van der Waals surface area contributed by atoms with Crippen LogP contribution in [0.3, 0.4) is 0 Å². The van der Waals surface area contributed by atoms with E-state index in [0.29, 0.717) is 10.9 Å². The maximum atomic E-state index is 13.8. The Balaban J connectivity index is 1.79. The number of benzene rings is 1. The summed E-state index contributed by atoms with van der Waals surface area (Å²) in [5.74, 6) is -1.29. The van der Waals surface area contributed by atoms with Crippen LogP contribution in [0.5, 0.6) is 0 Å². The lowest BCUT2D eigenvalue weighted by Gasteiger charge is -2.32. The molecule has 0 saturated carbocycles. The first kappa shape index (κ1) is 21.2. The Morgan fingerprint density at radius 3 is 2.69 bits per heavy atom. The van der Waals surface area contributed by atoms with Crippen molar-refractivity contribution in [2.45, 2.75) is 19.9 Å². The summed E-state index contributed by atoms with van der Waals surface area (Å²) in [5.41, 5.74) is 0.907. The Labute approximate surface area is 168 Å². The fourth-order valence-electron chi connectivity index (χ4n) is 3.83. The summed E-state index contributed by atoms with van der Waals surface area (Å²) in [6.07, 6.45) is 0. The number of aliphatic hydroxyl groups excluding tert-OH is 1. The number of anilines is 1. The predicted molar refractivity (Wildman–Crippen MR) is 106 cm³/mol. The summed E-state index contributed by atoms with van der Waals surface area (Å²) in [7, 11) is 0. The van der Waals surface area contributed by atoms with E-state index in [4.69, 9.17) is 9.84 Å². The topological polar surface area (TPSA) is 100 Å². The Bertz CT molecular complexity index is 877. The van der Waals surface area contributed by atoms with Gasteiger partial charge in [0.1, 0.15) is 44.2 Å². The summed E-state index contributed by atoms with van der Waals surface area (Å²) >= 11 is 0. The number of carbonyl (C=O) groups is 2. The van der Waals surface area contributed by atoms with Crippen LogP contribution in [0, 0.1) is 5.82 Å². The highest BCUT2D eigenvalue weighted by molar-refractivity contribution is 6.11. The van der Waals surface area contributed by atoms with E-state index in [-0.39, 0.29) is 36.5 Å². The van der Waals surface area contributed by atoms with E-state index in [9.17, 15) is 14.0 Å². The molecule has 0 unspecified atom stereocenters. The summed E-state index contributed by atoms with van der Waals surface area (Å²) in [4.78, 5) is 30.7. The van der Waals surface area contributed by atoms with Crippen LogP contribution in [0.1, 0.15) is 24.3 Å². The number of ether oxygens (including phenoxy) is 1. The highest BCUT2D eigenvalue weighted by Crippen LogP contribution is 2.29. The number of esters is 1. The average Bonchev–Trinajstić information content (AvgIpc) is 3.06. The molecule has 29 heavy (non-hydrogen) atoms. The number of aliphatic hydroxyl groups is 1. The second-order valence-corrected chi connectivity index (χ2v) is 7.38. The number of nitrogens with one attached hydrogen (secondary N) is 4. The van der Waals surface area contributed by atoms with Gasteiger partial charge >= 0.3 is 5.97 Å². The number of aromatic amines is 1. The number of halogens is 1. The second kappa shape index (κ2) is 9.34. The van der Waals surface area contributed by atoms with Crippen LogP contribution < -0.4 is 15.1 Å². The molecule has 2 aromatic rings. The standard InChI is InChI=1S/C20H27FN4O4/c1-3-29-20(28)18-17(15-12-14(21)4-5-16(15)22-18)23-19(27)13(2)25-8-6-24(7-9-25)10-11-26/h4-5,12-13,22,26H,3,6-11H2,1-2H3,(H,23,27)/p+2/t13-/m0/s1. The smallest absolute Gasteiger partial charge is 0.356 e. The van der Waals surface area contributed by atoms with Gasteiger partial charge in [0.05, 0.1) is 18.9 Å². The minimum absolute atomic E-state index is 0.111. The van der Waals surface area contributed by atoms with Crippen molar-refractivity contribution in [3.63, 3.8) is 0 Å². The minimum atomic E-state index is -0.597. The summed E-state index contributed by atoms with van der Waals surface area (Å²) in [5, 5.41) is 12.3. The molecule has 1 aromatic carbocycles. The molecule has 3 rings (SSSR count). The number of rotatable bonds is 7. The van der Waals surface area contributed by atoms with Crippen LogP contribution >= 0.6 is 0 Å². The van der Waals surface area contributed by atoms with Crippen molar-refractivity contribution in [1.29, 1.82) is 0 Å². The molecule has 0 aliphatic carbocycles. The van der Waals surface area contributed by atoms with E-state index in [1.807, 2.05) is 6.92 Å². The number of amides is 1. The number of hydrogen-bond donors (Lipinski definition) is 5. The number of fused-ring (bicyclic) bond motifs is 1. The zero-order valence-corrected chi connectivity index (χ0v) is 16.8. The van der Waals surface area contributed by atoms with E-state index in [0.717, 1.165) is 37.6 Å². The highest BCUT2D eigenvalue weighted by atomic mass is 19.1. The normalized spacial score (nSPS) is 20.4. The number of hydrogen-bond acceptors (Lipinski definition) is 4. The zero-order valence-electron chi connectivity index (χ0n) is 16.8. The molecule has 158 valence electrons. The molecule has 0 spiro atoms. The lowest BCUT2D eigenvalue weighted by Crippen LogP contribution is -3.30. The minimum Gasteiger partial charge on any atom is -0.461 e. The maximum absolute atomic E-state index is 13.8. The van der Waals surface area contributed by atoms with Gasteiger partial charge in [-0.15, -0.1) is 0 Å². The van der Waals surface area contributed by atoms with Crippen LogP contribution in [0.15, 0.2) is 18.2 Å². The first-order valence-corrected chi connectivity index (χ1v) is 10.0. The van der Waals surface area contributed by atoms with Crippen LogP contribution in [0.25, 0.3) is 10.9 Å². The van der Waals surface area contributed by atoms with Gasteiger partial charge in [0.25, 0.3) is 5.91 Å². The van der Waals surface area contributed by atoms with Crippen molar-refractivity contribution >= 4 is 28.5 Å². The molecule has 0 radical (unpaired) electrons. The number of carbonyl (C=O) groups excluding carboxylic acids is 2. The fraction of sp³-hybridized carbons (Fsp3) is 0.500. The summed E-state index contributed by atoms with van der Waals surface area (Å²) in [6.45, 7) is 8.03. The van der Waals surface area contributed by atoms with Crippen LogP contribution in [0.4, 0.5) is 10.1 Å². The van der Waals surface area contributed by atoms with E-state index in [2.05, 4.69) is 10.3 Å². The van der Waals surface area contributed by atoms with Crippen molar-refractivity contribution in [3.8, 4) is 0 Å². The summed E-state index contributed by atoms with van der Waals surface area (Å²) < 4.78 is 18.9. The molecule has 1 amide bonds. The maximum Gasteiger partial charge on any atom is 0.356 e. The van der Waals surface area contributed by atoms with Crippen LogP contribution in [-0.4, -0.2) is 73.9 Å². The molecule has 1 atom stereocenters. The number of aromatic nitrogens is 1. The first-order chi connectivity index (χ1) is 13.9. The lowest BCUT2D eigenvalue weighted by molar-refractivity contribution is -1.02. The van der Waals surface area contributed by atoms with Crippen molar-refractivity contribution in [1.82, 2.24) is 4.98 Å². The molecule has 1 fully saturated rings. The van der Waals surface area contributed by atoms with E-state index < -0.39 is 11.8 Å². The third kappa shape index (κ3) is 4.75. The number of piperazine rings is 1. The zero-order chi connectivity index (χ0) is 21.0. The average molecular weight is 408 g/mol. The third-order valence-corrected chi connectivity index (χ3v) is 5.56. The molecule has 2 heterocycles. The molecule has 1 aliphatic rings. The molecule has 1 saturated heterocycles. The SMILES string of the molecule is CCOC(=O)c1[nH]c2ccc(F)cc2c1NC(=O)[C@H](C)[NH+]1CC[NH+](CCO)CC1. The second-order valence-electron chi connectivity index (χ2n) is 7.38. The largest absolute Gasteiger partial charge is 0.461 e. The van der Waals surface area contributed by atoms with Gasteiger partial charge in [-0.2, -0.15) is 0 Å². The summed E-state index contributed by atoms with van der Waals surface area (Å²) in [6, 6.07) is 3.78. The fourth-order valence-corrected chi connectivity index (χ4v) is 3.83.